The number of rotatable bonds is 10. The van der Waals surface area contributed by atoms with Crippen molar-refractivity contribution in [2.24, 2.45) is 5.92 Å². The SMILES string of the molecule is CC(/C=C/C(=O)NOCc1ccc(B(O)O)cc1)=C\[C@@H](C)C(=O)c1ccc(N(C)C)cc1. The highest BCUT2D eigenvalue weighted by Crippen LogP contribution is 2.17. The number of nitrogens with zero attached hydrogens (tertiary/aromatic N) is 1. The van der Waals surface area contributed by atoms with Crippen molar-refractivity contribution in [2.75, 3.05) is 19.0 Å². The number of carbonyl (C=O) groups excluding carboxylic acids is 2. The molecule has 1 amide bonds. The molecule has 0 saturated heterocycles. The molecule has 7 nitrogen and oxygen atoms in total. The molecule has 0 aliphatic rings. The number of ketones is 1. The number of Topliss-reactive ketones (excluding diaryl/α,β-unsaturated/α-hetero) is 1. The van der Waals surface area contributed by atoms with Crippen molar-refractivity contribution in [3.05, 3.63) is 83.5 Å². The summed E-state index contributed by atoms with van der Waals surface area (Å²) < 4.78 is 0. The number of amides is 1. The van der Waals surface area contributed by atoms with Gasteiger partial charge in [-0.3, -0.25) is 14.4 Å². The Morgan fingerprint density at radius 3 is 2.25 bits per heavy atom. The summed E-state index contributed by atoms with van der Waals surface area (Å²) in [6.07, 6.45) is 4.76. The maximum absolute atomic E-state index is 12.6. The van der Waals surface area contributed by atoms with Gasteiger partial charge in [-0.05, 0) is 42.2 Å². The van der Waals surface area contributed by atoms with E-state index < -0.39 is 13.0 Å². The highest BCUT2D eigenvalue weighted by atomic mass is 16.6. The van der Waals surface area contributed by atoms with Gasteiger partial charge < -0.3 is 14.9 Å². The lowest BCUT2D eigenvalue weighted by atomic mass is 9.80. The summed E-state index contributed by atoms with van der Waals surface area (Å²) in [6, 6.07) is 13.9. The average molecular weight is 436 g/mol. The van der Waals surface area contributed by atoms with Crippen LogP contribution in [0, 0.1) is 5.92 Å². The third-order valence-corrected chi connectivity index (χ3v) is 4.78. The van der Waals surface area contributed by atoms with Crippen molar-refractivity contribution in [1.29, 1.82) is 0 Å². The topological polar surface area (TPSA) is 99.1 Å². The van der Waals surface area contributed by atoms with E-state index >= 15 is 0 Å². The summed E-state index contributed by atoms with van der Waals surface area (Å²) in [4.78, 5) is 31.7. The summed E-state index contributed by atoms with van der Waals surface area (Å²) >= 11 is 0. The maximum Gasteiger partial charge on any atom is 0.488 e. The molecule has 2 rings (SSSR count). The minimum atomic E-state index is -1.52. The summed E-state index contributed by atoms with van der Waals surface area (Å²) in [7, 11) is 2.37. The van der Waals surface area contributed by atoms with Crippen LogP contribution >= 0.6 is 0 Å². The second-order valence-corrected chi connectivity index (χ2v) is 7.71. The molecule has 168 valence electrons. The van der Waals surface area contributed by atoms with Gasteiger partial charge in [-0.1, -0.05) is 48.9 Å². The van der Waals surface area contributed by atoms with Crippen molar-refractivity contribution >= 4 is 30.0 Å². The molecule has 0 fully saturated rings. The number of hydrogen-bond donors (Lipinski definition) is 3. The Hall–Kier alpha value is -3.20. The van der Waals surface area contributed by atoms with Crippen molar-refractivity contribution in [1.82, 2.24) is 5.48 Å². The number of benzene rings is 2. The molecule has 3 N–H and O–H groups in total. The first-order valence-corrected chi connectivity index (χ1v) is 10.2. The van der Waals surface area contributed by atoms with Crippen LogP contribution in [0.25, 0.3) is 0 Å². The normalized spacial score (nSPS) is 12.5. The summed E-state index contributed by atoms with van der Waals surface area (Å²) in [5, 5.41) is 18.1. The van der Waals surface area contributed by atoms with Crippen molar-refractivity contribution in [2.45, 2.75) is 20.5 Å². The molecular formula is C24H29BN2O5. The highest BCUT2D eigenvalue weighted by molar-refractivity contribution is 6.58. The molecule has 0 aromatic heterocycles. The first-order valence-electron chi connectivity index (χ1n) is 10.2. The molecule has 8 heteroatoms. The smallest absolute Gasteiger partial charge is 0.423 e. The third-order valence-electron chi connectivity index (χ3n) is 4.78. The zero-order valence-corrected chi connectivity index (χ0v) is 18.8. The van der Waals surface area contributed by atoms with Crippen LogP contribution in [0.15, 0.2) is 72.3 Å². The highest BCUT2D eigenvalue weighted by Gasteiger charge is 2.13. The molecule has 0 bridgehead atoms. The lowest BCUT2D eigenvalue weighted by molar-refractivity contribution is -0.129. The fraction of sp³-hybridized carbons (Fsp3) is 0.250. The van der Waals surface area contributed by atoms with Gasteiger partial charge in [-0.2, -0.15) is 0 Å². The molecule has 0 unspecified atom stereocenters. The largest absolute Gasteiger partial charge is 0.488 e. The second kappa shape index (κ2) is 12.0. The van der Waals surface area contributed by atoms with E-state index in [0.29, 0.717) is 11.0 Å². The average Bonchev–Trinajstić information content (AvgIpc) is 2.77. The quantitative estimate of drug-likeness (QED) is 0.173. The van der Waals surface area contributed by atoms with Crippen LogP contribution in [-0.4, -0.2) is 43.0 Å². The van der Waals surface area contributed by atoms with Crippen molar-refractivity contribution in [3.63, 3.8) is 0 Å². The molecule has 0 heterocycles. The molecule has 1 atom stereocenters. The van der Waals surface area contributed by atoms with E-state index in [-0.39, 0.29) is 18.3 Å². The second-order valence-electron chi connectivity index (χ2n) is 7.71. The lowest BCUT2D eigenvalue weighted by Crippen LogP contribution is -2.29. The number of carbonyl (C=O) groups is 2. The van der Waals surface area contributed by atoms with E-state index in [9.17, 15) is 9.59 Å². The van der Waals surface area contributed by atoms with Crippen LogP contribution in [0.2, 0.25) is 0 Å². The van der Waals surface area contributed by atoms with Crippen LogP contribution in [0.3, 0.4) is 0 Å². The van der Waals surface area contributed by atoms with E-state index in [1.807, 2.05) is 63.2 Å². The zero-order chi connectivity index (χ0) is 23.7. The molecule has 0 saturated carbocycles. The summed E-state index contributed by atoms with van der Waals surface area (Å²) in [5.74, 6) is -0.751. The van der Waals surface area contributed by atoms with Crippen molar-refractivity contribution < 1.29 is 24.5 Å². The van der Waals surface area contributed by atoms with Gasteiger partial charge in [0.1, 0.15) is 0 Å². The number of hydroxylamine groups is 1. The molecule has 0 spiro atoms. The summed E-state index contributed by atoms with van der Waals surface area (Å²) in [5.41, 5.74) is 5.91. The van der Waals surface area contributed by atoms with Crippen LogP contribution in [-0.2, 0) is 16.2 Å². The first kappa shape index (κ1) is 25.1. The Morgan fingerprint density at radius 1 is 1.06 bits per heavy atom. The predicted molar refractivity (Wildman–Crippen MR) is 126 cm³/mol. The van der Waals surface area contributed by atoms with Crippen molar-refractivity contribution in [3.8, 4) is 0 Å². The third kappa shape index (κ3) is 7.81. The molecule has 0 aliphatic heterocycles. The van der Waals surface area contributed by atoms with E-state index in [1.54, 1.807) is 30.3 Å². The zero-order valence-electron chi connectivity index (χ0n) is 18.8. The monoisotopic (exact) mass is 436 g/mol. The standard InChI is InChI=1S/C24H29BN2O5/c1-17(15-18(2)24(29)20-8-12-22(13-9-20)27(3)4)5-14-23(28)26-32-16-19-6-10-21(11-7-19)25(30)31/h5-15,18,30-31H,16H2,1-4H3,(H,26,28)/b14-5+,17-15+/t18-/m1/s1. The van der Waals surface area contributed by atoms with Crippen LogP contribution in [0.5, 0.6) is 0 Å². The van der Waals surface area contributed by atoms with E-state index in [1.165, 1.54) is 6.08 Å². The number of allylic oxidation sites excluding steroid dienone is 3. The Bertz CT molecular complexity index is 967. The van der Waals surface area contributed by atoms with E-state index in [2.05, 4.69) is 5.48 Å². The van der Waals surface area contributed by atoms with Gasteiger partial charge in [0.2, 0.25) is 0 Å². The Labute approximate surface area is 189 Å². The van der Waals surface area contributed by atoms with Crippen LogP contribution < -0.4 is 15.8 Å². The fourth-order valence-electron chi connectivity index (χ4n) is 2.93. The predicted octanol–water partition coefficient (Wildman–Crippen LogP) is 2.00. The molecule has 2 aromatic rings. The Morgan fingerprint density at radius 2 is 1.69 bits per heavy atom. The van der Waals surface area contributed by atoms with Crippen LogP contribution in [0.4, 0.5) is 5.69 Å². The van der Waals surface area contributed by atoms with Gasteiger partial charge in [-0.25, -0.2) is 5.48 Å². The van der Waals surface area contributed by atoms with E-state index in [0.717, 1.165) is 16.8 Å². The van der Waals surface area contributed by atoms with Crippen LogP contribution in [0.1, 0.15) is 29.8 Å². The maximum atomic E-state index is 12.6. The number of hydrogen-bond acceptors (Lipinski definition) is 6. The van der Waals surface area contributed by atoms with Gasteiger partial charge >= 0.3 is 7.12 Å². The molecular weight excluding hydrogens is 407 g/mol. The molecule has 0 aliphatic carbocycles. The minimum Gasteiger partial charge on any atom is -0.423 e. The van der Waals surface area contributed by atoms with Gasteiger partial charge in [0.05, 0.1) is 6.61 Å². The lowest BCUT2D eigenvalue weighted by Gasteiger charge is -2.13. The van der Waals surface area contributed by atoms with E-state index in [4.69, 9.17) is 14.9 Å². The molecule has 2 aromatic carbocycles. The minimum absolute atomic E-state index is 0.00979. The first-order chi connectivity index (χ1) is 15.2. The number of nitrogens with one attached hydrogen (secondary N) is 1. The fourth-order valence-corrected chi connectivity index (χ4v) is 2.93. The number of anilines is 1. The molecule has 0 radical (unpaired) electrons. The summed E-state index contributed by atoms with van der Waals surface area (Å²) in [6.45, 7) is 3.78. The molecule has 32 heavy (non-hydrogen) atoms. The Balaban J connectivity index is 1.83. The van der Waals surface area contributed by atoms with Gasteiger partial charge in [0.15, 0.2) is 5.78 Å². The van der Waals surface area contributed by atoms with Gasteiger partial charge in [0.25, 0.3) is 5.91 Å². The van der Waals surface area contributed by atoms with Gasteiger partial charge in [-0.15, -0.1) is 0 Å². The van der Waals surface area contributed by atoms with Gasteiger partial charge in [0, 0.05) is 37.3 Å². The Kier molecular flexibility index (Phi) is 9.40.